The van der Waals surface area contributed by atoms with E-state index in [-0.39, 0.29) is 18.1 Å². The third kappa shape index (κ3) is 3.36. The molecule has 5 heteroatoms. The van der Waals surface area contributed by atoms with Gasteiger partial charge >= 0.3 is 0 Å². The molecule has 1 aliphatic rings. The van der Waals surface area contributed by atoms with Gasteiger partial charge in [0.05, 0.1) is 13.5 Å². The third-order valence-electron chi connectivity index (χ3n) is 3.50. The summed E-state index contributed by atoms with van der Waals surface area (Å²) in [5, 5.41) is 3.22. The van der Waals surface area contributed by atoms with Crippen LogP contribution in [-0.4, -0.2) is 49.9 Å². The zero-order chi connectivity index (χ0) is 14.5. The molecule has 0 radical (unpaired) electrons. The Kier molecular flexibility index (Phi) is 4.74. The molecular weight excluding hydrogens is 256 g/mol. The number of carbonyl (C=O) groups is 2. The van der Waals surface area contributed by atoms with E-state index in [0.29, 0.717) is 11.3 Å². The van der Waals surface area contributed by atoms with Crippen LogP contribution in [0.5, 0.6) is 5.75 Å². The second kappa shape index (κ2) is 6.52. The van der Waals surface area contributed by atoms with Gasteiger partial charge in [-0.05, 0) is 25.1 Å². The lowest BCUT2D eigenvalue weighted by Crippen LogP contribution is -2.46. The molecule has 1 fully saturated rings. The van der Waals surface area contributed by atoms with Gasteiger partial charge in [-0.25, -0.2) is 0 Å². The van der Waals surface area contributed by atoms with E-state index in [2.05, 4.69) is 5.32 Å². The fourth-order valence-electron chi connectivity index (χ4n) is 2.32. The molecule has 0 atom stereocenters. The SMILES string of the molecule is COc1ccc(C(C)=O)cc1CC(=O)N1CCNCC1. The number of hydrogen-bond acceptors (Lipinski definition) is 4. The first-order valence-electron chi connectivity index (χ1n) is 6.78. The number of ketones is 1. The number of carbonyl (C=O) groups excluding carboxylic acids is 2. The smallest absolute Gasteiger partial charge is 0.227 e. The van der Waals surface area contributed by atoms with E-state index in [1.807, 2.05) is 4.90 Å². The second-order valence-electron chi connectivity index (χ2n) is 4.89. The number of ether oxygens (including phenoxy) is 1. The minimum atomic E-state index is -0.0106. The zero-order valence-electron chi connectivity index (χ0n) is 11.9. The molecule has 1 aliphatic heterocycles. The van der Waals surface area contributed by atoms with Crippen LogP contribution in [-0.2, 0) is 11.2 Å². The molecule has 0 spiro atoms. The lowest BCUT2D eigenvalue weighted by molar-refractivity contribution is -0.131. The summed E-state index contributed by atoms with van der Waals surface area (Å²) in [6, 6.07) is 5.22. The number of benzene rings is 1. The van der Waals surface area contributed by atoms with Gasteiger partial charge in [0, 0.05) is 37.3 Å². The summed E-state index contributed by atoms with van der Waals surface area (Å²) in [7, 11) is 1.57. The quantitative estimate of drug-likeness (QED) is 0.829. The van der Waals surface area contributed by atoms with Gasteiger partial charge in [-0.1, -0.05) is 0 Å². The first-order chi connectivity index (χ1) is 9.61. The van der Waals surface area contributed by atoms with E-state index in [1.165, 1.54) is 6.92 Å². The number of hydrogen-bond donors (Lipinski definition) is 1. The Morgan fingerprint density at radius 1 is 1.30 bits per heavy atom. The Balaban J connectivity index is 2.15. The van der Waals surface area contributed by atoms with Crippen molar-refractivity contribution >= 4 is 11.7 Å². The maximum Gasteiger partial charge on any atom is 0.227 e. The molecule has 0 unspecified atom stereocenters. The largest absolute Gasteiger partial charge is 0.496 e. The summed E-state index contributed by atoms with van der Waals surface area (Å²) in [6.07, 6.45) is 0.268. The standard InChI is InChI=1S/C15H20N2O3/c1-11(18)12-3-4-14(20-2)13(9-12)10-15(19)17-7-5-16-6-8-17/h3-4,9,16H,5-8,10H2,1-2H3. The van der Waals surface area contributed by atoms with Crippen LogP contribution in [0.15, 0.2) is 18.2 Å². The first-order valence-corrected chi connectivity index (χ1v) is 6.78. The molecular formula is C15H20N2O3. The van der Waals surface area contributed by atoms with E-state index < -0.39 is 0 Å². The summed E-state index contributed by atoms with van der Waals surface area (Å²) >= 11 is 0. The third-order valence-corrected chi connectivity index (χ3v) is 3.50. The fraction of sp³-hybridized carbons (Fsp3) is 0.467. The molecule has 1 saturated heterocycles. The predicted octanol–water partition coefficient (Wildman–Crippen LogP) is 0.872. The number of methoxy groups -OCH3 is 1. The minimum absolute atomic E-state index is 0.0106. The topological polar surface area (TPSA) is 58.6 Å². The van der Waals surface area contributed by atoms with Crippen molar-refractivity contribution in [3.63, 3.8) is 0 Å². The molecule has 2 rings (SSSR count). The Hall–Kier alpha value is -1.88. The Labute approximate surface area is 118 Å². The molecule has 1 heterocycles. The molecule has 1 N–H and O–H groups in total. The van der Waals surface area contributed by atoms with Gasteiger partial charge in [-0.2, -0.15) is 0 Å². The molecule has 0 bridgehead atoms. The van der Waals surface area contributed by atoms with Crippen LogP contribution in [0.2, 0.25) is 0 Å². The van der Waals surface area contributed by atoms with Crippen molar-refractivity contribution in [2.75, 3.05) is 33.3 Å². The molecule has 20 heavy (non-hydrogen) atoms. The highest BCUT2D eigenvalue weighted by molar-refractivity contribution is 5.94. The van der Waals surface area contributed by atoms with Gasteiger partial charge in [0.2, 0.25) is 5.91 Å². The van der Waals surface area contributed by atoms with Crippen molar-refractivity contribution in [2.45, 2.75) is 13.3 Å². The Morgan fingerprint density at radius 3 is 2.60 bits per heavy atom. The summed E-state index contributed by atoms with van der Waals surface area (Å²) in [4.78, 5) is 25.6. The van der Waals surface area contributed by atoms with Crippen molar-refractivity contribution in [3.8, 4) is 5.75 Å². The minimum Gasteiger partial charge on any atom is -0.496 e. The van der Waals surface area contributed by atoms with Crippen molar-refractivity contribution < 1.29 is 14.3 Å². The molecule has 1 aromatic rings. The average molecular weight is 276 g/mol. The monoisotopic (exact) mass is 276 g/mol. The van der Waals surface area contributed by atoms with Crippen molar-refractivity contribution in [1.29, 1.82) is 0 Å². The first kappa shape index (κ1) is 14.5. The van der Waals surface area contributed by atoms with Crippen molar-refractivity contribution in [2.24, 2.45) is 0 Å². The van der Waals surface area contributed by atoms with Crippen molar-refractivity contribution in [3.05, 3.63) is 29.3 Å². The second-order valence-corrected chi connectivity index (χ2v) is 4.89. The highest BCUT2D eigenvalue weighted by Gasteiger charge is 2.18. The van der Waals surface area contributed by atoms with Crippen LogP contribution in [0, 0.1) is 0 Å². The Bertz CT molecular complexity index is 508. The van der Waals surface area contributed by atoms with E-state index in [9.17, 15) is 9.59 Å². The van der Waals surface area contributed by atoms with Crippen LogP contribution in [0.4, 0.5) is 0 Å². The van der Waals surface area contributed by atoms with Crippen LogP contribution in [0.3, 0.4) is 0 Å². The van der Waals surface area contributed by atoms with Crippen molar-refractivity contribution in [1.82, 2.24) is 10.2 Å². The number of Topliss-reactive ketones (excluding diaryl/α,β-unsaturated/α-hetero) is 1. The van der Waals surface area contributed by atoms with Gasteiger partial charge < -0.3 is 15.0 Å². The number of rotatable bonds is 4. The highest BCUT2D eigenvalue weighted by atomic mass is 16.5. The number of nitrogens with zero attached hydrogens (tertiary/aromatic N) is 1. The average Bonchev–Trinajstić information content (AvgIpc) is 2.48. The van der Waals surface area contributed by atoms with Crippen LogP contribution >= 0.6 is 0 Å². The van der Waals surface area contributed by atoms with Gasteiger partial charge in [-0.3, -0.25) is 9.59 Å². The number of nitrogens with one attached hydrogen (secondary N) is 1. The summed E-state index contributed by atoms with van der Waals surface area (Å²) < 4.78 is 5.27. The van der Waals surface area contributed by atoms with Crippen LogP contribution < -0.4 is 10.1 Å². The normalized spacial score (nSPS) is 15.0. The summed E-state index contributed by atoms with van der Waals surface area (Å²) in [5.74, 6) is 0.715. The van der Waals surface area contributed by atoms with Gasteiger partial charge in [0.25, 0.3) is 0 Å². The molecule has 0 aliphatic carbocycles. The van der Waals surface area contributed by atoms with E-state index in [4.69, 9.17) is 4.74 Å². The highest BCUT2D eigenvalue weighted by Crippen LogP contribution is 2.21. The van der Waals surface area contributed by atoms with Gasteiger partial charge in [0.15, 0.2) is 5.78 Å². The van der Waals surface area contributed by atoms with E-state index in [0.717, 1.165) is 31.7 Å². The molecule has 0 saturated carbocycles. The maximum absolute atomic E-state index is 12.3. The van der Waals surface area contributed by atoms with Gasteiger partial charge in [-0.15, -0.1) is 0 Å². The Morgan fingerprint density at radius 2 is 2.00 bits per heavy atom. The maximum atomic E-state index is 12.3. The lowest BCUT2D eigenvalue weighted by atomic mass is 10.0. The van der Waals surface area contributed by atoms with Gasteiger partial charge in [0.1, 0.15) is 5.75 Å². The molecule has 1 aromatic carbocycles. The number of amides is 1. The zero-order valence-corrected chi connectivity index (χ0v) is 11.9. The van der Waals surface area contributed by atoms with Crippen LogP contribution in [0.1, 0.15) is 22.8 Å². The molecule has 5 nitrogen and oxygen atoms in total. The summed E-state index contributed by atoms with van der Waals surface area (Å²) in [5.41, 5.74) is 1.37. The molecule has 1 amide bonds. The number of piperazine rings is 1. The van der Waals surface area contributed by atoms with Crippen LogP contribution in [0.25, 0.3) is 0 Å². The lowest BCUT2D eigenvalue weighted by Gasteiger charge is -2.27. The van der Waals surface area contributed by atoms with E-state index in [1.54, 1.807) is 25.3 Å². The summed E-state index contributed by atoms with van der Waals surface area (Å²) in [6.45, 7) is 4.64. The fourth-order valence-corrected chi connectivity index (χ4v) is 2.32. The predicted molar refractivity (Wildman–Crippen MR) is 76.2 cm³/mol. The molecule has 108 valence electrons. The van der Waals surface area contributed by atoms with E-state index >= 15 is 0 Å². The molecule has 0 aromatic heterocycles.